The molecule has 0 amide bonds. The minimum absolute atomic E-state index is 0.00678. The summed E-state index contributed by atoms with van der Waals surface area (Å²) in [6, 6.07) is 7.91. The van der Waals surface area contributed by atoms with Crippen molar-refractivity contribution in [3.05, 3.63) is 62.8 Å². The lowest BCUT2D eigenvalue weighted by Crippen LogP contribution is -2.03. The smallest absolute Gasteiger partial charge is 0.204 e. The SMILES string of the molecule is O=C(C=Cc1cccc(Br)c1)c1cnc2sc3c(n12)CCCCC3. The number of aryl methyl sites for hydroxylation is 2. The highest BCUT2D eigenvalue weighted by Gasteiger charge is 2.20. The molecule has 2 heterocycles. The molecule has 0 bridgehead atoms. The molecule has 0 fully saturated rings. The van der Waals surface area contributed by atoms with Crippen molar-refractivity contribution in [2.45, 2.75) is 32.1 Å². The van der Waals surface area contributed by atoms with Gasteiger partial charge in [-0.25, -0.2) is 4.98 Å². The second kappa shape index (κ2) is 6.65. The highest BCUT2D eigenvalue weighted by molar-refractivity contribution is 9.10. The first kappa shape index (κ1) is 15.8. The van der Waals surface area contributed by atoms with Crippen LogP contribution < -0.4 is 0 Å². The number of hydrogen-bond acceptors (Lipinski definition) is 3. The van der Waals surface area contributed by atoms with E-state index in [9.17, 15) is 4.79 Å². The lowest BCUT2D eigenvalue weighted by Gasteiger charge is -2.02. The zero-order chi connectivity index (χ0) is 16.5. The van der Waals surface area contributed by atoms with E-state index >= 15 is 0 Å². The zero-order valence-corrected chi connectivity index (χ0v) is 15.6. The Balaban J connectivity index is 1.68. The van der Waals surface area contributed by atoms with Crippen LogP contribution >= 0.6 is 27.3 Å². The molecule has 0 saturated carbocycles. The van der Waals surface area contributed by atoms with Gasteiger partial charge in [0.1, 0.15) is 5.69 Å². The number of fused-ring (bicyclic) bond motifs is 3. The summed E-state index contributed by atoms with van der Waals surface area (Å²) in [5, 5.41) is 0. The van der Waals surface area contributed by atoms with E-state index in [0.717, 1.165) is 27.8 Å². The number of benzene rings is 1. The number of rotatable bonds is 3. The number of allylic oxidation sites excluding steroid dienone is 1. The Hall–Kier alpha value is -1.72. The summed E-state index contributed by atoms with van der Waals surface area (Å²) >= 11 is 5.19. The molecule has 1 aliphatic carbocycles. The molecule has 0 unspecified atom stereocenters. The van der Waals surface area contributed by atoms with E-state index in [1.165, 1.54) is 29.8 Å². The Morgan fingerprint density at radius 3 is 3.00 bits per heavy atom. The van der Waals surface area contributed by atoms with Crippen LogP contribution in [0.2, 0.25) is 0 Å². The van der Waals surface area contributed by atoms with E-state index in [1.54, 1.807) is 23.6 Å². The van der Waals surface area contributed by atoms with Crippen LogP contribution in [0.4, 0.5) is 0 Å². The first-order valence-corrected chi connectivity index (χ1v) is 9.79. The monoisotopic (exact) mass is 400 g/mol. The summed E-state index contributed by atoms with van der Waals surface area (Å²) in [7, 11) is 0. The van der Waals surface area contributed by atoms with Gasteiger partial charge in [0.2, 0.25) is 5.78 Å². The summed E-state index contributed by atoms with van der Waals surface area (Å²) in [6.07, 6.45) is 11.1. The summed E-state index contributed by atoms with van der Waals surface area (Å²) in [5.74, 6) is 0.00678. The highest BCUT2D eigenvalue weighted by atomic mass is 79.9. The van der Waals surface area contributed by atoms with Gasteiger partial charge in [-0.15, -0.1) is 11.3 Å². The molecule has 24 heavy (non-hydrogen) atoms. The van der Waals surface area contributed by atoms with E-state index in [1.807, 2.05) is 30.3 Å². The first-order chi connectivity index (χ1) is 11.7. The molecule has 2 aromatic heterocycles. The Labute approximate surface area is 153 Å². The molecule has 1 aromatic carbocycles. The average Bonchev–Trinajstić information content (AvgIpc) is 3.04. The number of carbonyl (C=O) groups excluding carboxylic acids is 1. The molecule has 0 N–H and O–H groups in total. The van der Waals surface area contributed by atoms with Crippen molar-refractivity contribution in [3.63, 3.8) is 0 Å². The fourth-order valence-electron chi connectivity index (χ4n) is 3.20. The van der Waals surface area contributed by atoms with Crippen LogP contribution in [0, 0.1) is 0 Å². The molecule has 0 radical (unpaired) electrons. The van der Waals surface area contributed by atoms with Crippen LogP contribution in [-0.2, 0) is 12.8 Å². The normalized spacial score (nSPS) is 14.9. The molecule has 0 aliphatic heterocycles. The maximum Gasteiger partial charge on any atom is 0.204 e. The number of carbonyl (C=O) groups is 1. The van der Waals surface area contributed by atoms with Gasteiger partial charge in [-0.05, 0) is 49.5 Å². The van der Waals surface area contributed by atoms with Gasteiger partial charge in [-0.2, -0.15) is 0 Å². The van der Waals surface area contributed by atoms with Gasteiger partial charge >= 0.3 is 0 Å². The maximum absolute atomic E-state index is 12.7. The Bertz CT molecular complexity index is 938. The molecule has 3 aromatic rings. The fraction of sp³-hybridized carbons (Fsp3) is 0.263. The van der Waals surface area contributed by atoms with Crippen LogP contribution in [0.15, 0.2) is 41.0 Å². The van der Waals surface area contributed by atoms with Crippen molar-refractivity contribution in [1.29, 1.82) is 0 Å². The molecular formula is C19H17BrN2OS. The van der Waals surface area contributed by atoms with Crippen LogP contribution in [0.5, 0.6) is 0 Å². The third-order valence-corrected chi connectivity index (χ3v) is 6.03. The van der Waals surface area contributed by atoms with Crippen molar-refractivity contribution in [3.8, 4) is 0 Å². The van der Waals surface area contributed by atoms with Crippen LogP contribution in [0.25, 0.3) is 11.0 Å². The van der Waals surface area contributed by atoms with Crippen molar-refractivity contribution < 1.29 is 4.79 Å². The number of thiazole rings is 1. The van der Waals surface area contributed by atoms with Crippen LogP contribution in [0.3, 0.4) is 0 Å². The van der Waals surface area contributed by atoms with E-state index in [0.29, 0.717) is 5.69 Å². The largest absolute Gasteiger partial charge is 0.288 e. The minimum atomic E-state index is 0.00678. The van der Waals surface area contributed by atoms with Gasteiger partial charge in [0.15, 0.2) is 4.96 Å². The number of imidazole rings is 1. The van der Waals surface area contributed by atoms with Gasteiger partial charge in [0.05, 0.1) is 6.20 Å². The van der Waals surface area contributed by atoms with Crippen molar-refractivity contribution in [2.24, 2.45) is 0 Å². The van der Waals surface area contributed by atoms with Crippen molar-refractivity contribution >= 4 is 44.1 Å². The van der Waals surface area contributed by atoms with Crippen LogP contribution in [0.1, 0.15) is 45.9 Å². The highest BCUT2D eigenvalue weighted by Crippen LogP contribution is 2.30. The molecule has 0 saturated heterocycles. The van der Waals surface area contributed by atoms with Gasteiger partial charge in [-0.1, -0.05) is 40.6 Å². The number of halogens is 1. The molecule has 122 valence electrons. The summed E-state index contributed by atoms with van der Waals surface area (Å²) in [4.78, 5) is 19.5. The van der Waals surface area contributed by atoms with E-state index < -0.39 is 0 Å². The Morgan fingerprint density at radius 1 is 1.25 bits per heavy atom. The van der Waals surface area contributed by atoms with Crippen molar-refractivity contribution in [1.82, 2.24) is 9.38 Å². The third kappa shape index (κ3) is 2.98. The number of hydrogen-bond donors (Lipinski definition) is 0. The summed E-state index contributed by atoms with van der Waals surface area (Å²) in [5.41, 5.74) is 2.97. The zero-order valence-electron chi connectivity index (χ0n) is 13.2. The molecule has 4 rings (SSSR count). The lowest BCUT2D eigenvalue weighted by molar-refractivity contribution is 0.104. The first-order valence-electron chi connectivity index (χ1n) is 8.18. The van der Waals surface area contributed by atoms with E-state index in [4.69, 9.17) is 0 Å². The predicted octanol–water partition coefficient (Wildman–Crippen LogP) is 5.32. The van der Waals surface area contributed by atoms with Gasteiger partial charge < -0.3 is 0 Å². The lowest BCUT2D eigenvalue weighted by atomic mass is 10.1. The summed E-state index contributed by atoms with van der Waals surface area (Å²) < 4.78 is 3.09. The molecule has 0 spiro atoms. The van der Waals surface area contributed by atoms with Crippen molar-refractivity contribution in [2.75, 3.05) is 0 Å². The summed E-state index contributed by atoms with van der Waals surface area (Å²) in [6.45, 7) is 0. The molecule has 3 nitrogen and oxygen atoms in total. The Morgan fingerprint density at radius 2 is 2.12 bits per heavy atom. The molecular weight excluding hydrogens is 384 g/mol. The second-order valence-electron chi connectivity index (χ2n) is 6.05. The topological polar surface area (TPSA) is 34.4 Å². The number of aromatic nitrogens is 2. The standard InChI is InChI=1S/C19H17BrN2OS/c20-14-6-4-5-13(11-14)9-10-17(23)16-12-21-19-22(16)15-7-2-1-3-8-18(15)24-19/h4-6,9-12H,1-3,7-8H2. The van der Waals surface area contributed by atoms with Gasteiger partial charge in [0.25, 0.3) is 0 Å². The van der Waals surface area contributed by atoms with E-state index in [-0.39, 0.29) is 5.78 Å². The Kier molecular flexibility index (Phi) is 4.37. The van der Waals surface area contributed by atoms with Crippen LogP contribution in [-0.4, -0.2) is 15.2 Å². The van der Waals surface area contributed by atoms with Gasteiger partial charge in [-0.3, -0.25) is 9.20 Å². The van der Waals surface area contributed by atoms with Gasteiger partial charge in [0, 0.05) is 15.0 Å². The fourth-order valence-corrected chi connectivity index (χ4v) is 4.80. The second-order valence-corrected chi connectivity index (χ2v) is 8.02. The minimum Gasteiger partial charge on any atom is -0.288 e. The predicted molar refractivity (Wildman–Crippen MR) is 102 cm³/mol. The third-order valence-electron chi connectivity index (χ3n) is 4.38. The molecule has 1 aliphatic rings. The average molecular weight is 401 g/mol. The molecule has 5 heteroatoms. The quantitative estimate of drug-likeness (QED) is 0.338. The number of ketones is 1. The maximum atomic E-state index is 12.7. The molecule has 0 atom stereocenters. The van der Waals surface area contributed by atoms with E-state index in [2.05, 4.69) is 25.3 Å². The number of nitrogens with zero attached hydrogens (tertiary/aromatic N) is 2.